The number of carbonyl (C=O) groups excluding carboxylic acids is 1. The Morgan fingerprint density at radius 3 is 2.89 bits per heavy atom. The topological polar surface area (TPSA) is 32.3 Å². The summed E-state index contributed by atoms with van der Waals surface area (Å²) in [5.74, 6) is 0.239. The SMILES string of the molecule is Cc1ccc(C(=O)N2CCCC3(CCCNC3)C2)s1. The standard InChI is InChI=1S/C15H22N2OS/c1-12-4-5-13(19-12)14(18)17-9-3-7-15(11-17)6-2-8-16-10-15/h4-5,16H,2-3,6-11H2,1H3. The zero-order valence-corrected chi connectivity index (χ0v) is 12.4. The van der Waals surface area contributed by atoms with E-state index in [-0.39, 0.29) is 5.91 Å². The predicted molar refractivity (Wildman–Crippen MR) is 78.7 cm³/mol. The lowest BCUT2D eigenvalue weighted by atomic mass is 9.74. The summed E-state index contributed by atoms with van der Waals surface area (Å²) < 4.78 is 0. The van der Waals surface area contributed by atoms with Crippen molar-refractivity contribution in [1.82, 2.24) is 10.2 Å². The van der Waals surface area contributed by atoms with Gasteiger partial charge in [0.15, 0.2) is 0 Å². The highest BCUT2D eigenvalue weighted by molar-refractivity contribution is 7.13. The van der Waals surface area contributed by atoms with Crippen molar-refractivity contribution < 1.29 is 4.79 Å². The Labute approximate surface area is 119 Å². The molecule has 1 aromatic rings. The van der Waals surface area contributed by atoms with Crippen LogP contribution in [0.15, 0.2) is 12.1 Å². The average molecular weight is 278 g/mol. The minimum absolute atomic E-state index is 0.239. The maximum atomic E-state index is 12.6. The second-order valence-corrected chi connectivity index (χ2v) is 7.31. The Bertz CT molecular complexity index is 457. The summed E-state index contributed by atoms with van der Waals surface area (Å²) in [6.45, 7) is 6.15. The van der Waals surface area contributed by atoms with Gasteiger partial charge in [0.2, 0.25) is 0 Å². The molecule has 3 heterocycles. The third-order valence-electron chi connectivity index (χ3n) is 4.46. The van der Waals surface area contributed by atoms with Gasteiger partial charge in [-0.1, -0.05) is 0 Å². The van der Waals surface area contributed by atoms with E-state index in [1.165, 1.54) is 24.1 Å². The monoisotopic (exact) mass is 278 g/mol. The number of rotatable bonds is 1. The Kier molecular flexibility index (Phi) is 3.63. The van der Waals surface area contributed by atoms with Crippen molar-refractivity contribution in [1.29, 1.82) is 0 Å². The highest BCUT2D eigenvalue weighted by Crippen LogP contribution is 2.36. The highest BCUT2D eigenvalue weighted by atomic mass is 32.1. The van der Waals surface area contributed by atoms with E-state index in [0.29, 0.717) is 5.41 Å². The van der Waals surface area contributed by atoms with Crippen LogP contribution >= 0.6 is 11.3 Å². The van der Waals surface area contributed by atoms with Gasteiger partial charge in [-0.2, -0.15) is 0 Å². The molecular formula is C15H22N2OS. The van der Waals surface area contributed by atoms with Crippen molar-refractivity contribution in [2.24, 2.45) is 5.41 Å². The van der Waals surface area contributed by atoms with E-state index < -0.39 is 0 Å². The summed E-state index contributed by atoms with van der Waals surface area (Å²) in [6, 6.07) is 4.02. The molecule has 2 fully saturated rings. The number of nitrogens with zero attached hydrogens (tertiary/aromatic N) is 1. The van der Waals surface area contributed by atoms with Crippen LogP contribution < -0.4 is 5.32 Å². The van der Waals surface area contributed by atoms with Crippen molar-refractivity contribution in [3.63, 3.8) is 0 Å². The molecule has 1 N–H and O–H groups in total. The van der Waals surface area contributed by atoms with Crippen LogP contribution in [0.3, 0.4) is 0 Å². The van der Waals surface area contributed by atoms with Crippen LogP contribution in [0, 0.1) is 12.3 Å². The largest absolute Gasteiger partial charge is 0.337 e. The predicted octanol–water partition coefficient (Wildman–Crippen LogP) is 2.66. The number of hydrogen-bond acceptors (Lipinski definition) is 3. The molecule has 0 saturated carbocycles. The van der Waals surface area contributed by atoms with Crippen molar-refractivity contribution in [3.8, 4) is 0 Å². The lowest BCUT2D eigenvalue weighted by molar-refractivity contribution is 0.0438. The molecule has 1 atom stereocenters. The van der Waals surface area contributed by atoms with Gasteiger partial charge in [-0.3, -0.25) is 4.79 Å². The quantitative estimate of drug-likeness (QED) is 0.856. The molecule has 2 saturated heterocycles. The van der Waals surface area contributed by atoms with E-state index in [1.807, 2.05) is 12.1 Å². The number of likely N-dealkylation sites (tertiary alicyclic amines) is 1. The van der Waals surface area contributed by atoms with E-state index in [9.17, 15) is 4.79 Å². The average Bonchev–Trinajstić information content (AvgIpc) is 2.85. The lowest BCUT2D eigenvalue weighted by Crippen LogP contribution is -2.52. The molecule has 0 aromatic carbocycles. The summed E-state index contributed by atoms with van der Waals surface area (Å²) >= 11 is 1.62. The second-order valence-electron chi connectivity index (χ2n) is 6.02. The van der Waals surface area contributed by atoms with Gasteiger partial charge >= 0.3 is 0 Å². The molecule has 3 nitrogen and oxygen atoms in total. The summed E-state index contributed by atoms with van der Waals surface area (Å²) in [7, 11) is 0. The summed E-state index contributed by atoms with van der Waals surface area (Å²) in [6.07, 6.45) is 4.94. The molecule has 3 rings (SSSR count). The summed E-state index contributed by atoms with van der Waals surface area (Å²) in [5.41, 5.74) is 0.346. The zero-order chi connectivity index (χ0) is 13.3. The summed E-state index contributed by atoms with van der Waals surface area (Å²) in [4.78, 5) is 16.8. The minimum Gasteiger partial charge on any atom is -0.337 e. The first-order valence-corrected chi connectivity index (χ1v) is 8.07. The van der Waals surface area contributed by atoms with Gasteiger partial charge in [-0.05, 0) is 51.3 Å². The first-order valence-electron chi connectivity index (χ1n) is 7.25. The molecule has 1 amide bonds. The second kappa shape index (κ2) is 5.25. The van der Waals surface area contributed by atoms with Crippen LogP contribution in [0.4, 0.5) is 0 Å². The third kappa shape index (κ3) is 2.70. The zero-order valence-electron chi connectivity index (χ0n) is 11.6. The third-order valence-corrected chi connectivity index (χ3v) is 5.45. The number of amides is 1. The van der Waals surface area contributed by atoms with Crippen molar-refractivity contribution in [3.05, 3.63) is 21.9 Å². The fraction of sp³-hybridized carbons (Fsp3) is 0.667. The molecule has 0 radical (unpaired) electrons. The van der Waals surface area contributed by atoms with Gasteiger partial charge in [-0.25, -0.2) is 0 Å². The van der Waals surface area contributed by atoms with Crippen molar-refractivity contribution in [2.75, 3.05) is 26.2 Å². The van der Waals surface area contributed by atoms with Gasteiger partial charge in [0.1, 0.15) is 0 Å². The molecule has 2 aliphatic heterocycles. The van der Waals surface area contributed by atoms with Crippen LogP contribution in [0.5, 0.6) is 0 Å². The van der Waals surface area contributed by atoms with Gasteiger partial charge in [0.05, 0.1) is 4.88 Å². The first kappa shape index (κ1) is 13.1. The number of thiophene rings is 1. The molecule has 0 bridgehead atoms. The number of nitrogens with one attached hydrogen (secondary N) is 1. The van der Waals surface area contributed by atoms with Crippen molar-refractivity contribution in [2.45, 2.75) is 32.6 Å². The van der Waals surface area contributed by atoms with E-state index in [4.69, 9.17) is 0 Å². The van der Waals surface area contributed by atoms with Crippen LogP contribution in [0.2, 0.25) is 0 Å². The maximum absolute atomic E-state index is 12.6. The Balaban J connectivity index is 1.72. The number of hydrogen-bond donors (Lipinski definition) is 1. The molecule has 1 spiro atoms. The van der Waals surface area contributed by atoms with Gasteiger partial charge in [0.25, 0.3) is 5.91 Å². The molecule has 104 valence electrons. The van der Waals surface area contributed by atoms with E-state index >= 15 is 0 Å². The number of aryl methyl sites for hydroxylation is 1. The van der Waals surface area contributed by atoms with Gasteiger partial charge < -0.3 is 10.2 Å². The Morgan fingerprint density at radius 2 is 2.21 bits per heavy atom. The van der Waals surface area contributed by atoms with Crippen LogP contribution in [0.25, 0.3) is 0 Å². The van der Waals surface area contributed by atoms with Crippen LogP contribution in [-0.4, -0.2) is 37.0 Å². The first-order chi connectivity index (χ1) is 9.19. The van der Waals surface area contributed by atoms with E-state index in [0.717, 1.165) is 37.5 Å². The molecule has 1 unspecified atom stereocenters. The number of carbonyl (C=O) groups is 1. The van der Waals surface area contributed by atoms with Crippen LogP contribution in [0.1, 0.15) is 40.2 Å². The Morgan fingerprint density at radius 1 is 1.37 bits per heavy atom. The maximum Gasteiger partial charge on any atom is 0.263 e. The molecule has 2 aliphatic rings. The fourth-order valence-electron chi connectivity index (χ4n) is 3.47. The fourth-order valence-corrected chi connectivity index (χ4v) is 4.30. The smallest absolute Gasteiger partial charge is 0.263 e. The molecule has 1 aromatic heterocycles. The lowest BCUT2D eigenvalue weighted by Gasteiger charge is -2.45. The molecule has 4 heteroatoms. The molecule has 19 heavy (non-hydrogen) atoms. The molecular weight excluding hydrogens is 256 g/mol. The summed E-state index contributed by atoms with van der Waals surface area (Å²) in [5, 5.41) is 3.51. The van der Waals surface area contributed by atoms with Crippen LogP contribution in [-0.2, 0) is 0 Å². The molecule has 0 aliphatic carbocycles. The highest BCUT2D eigenvalue weighted by Gasteiger charge is 2.38. The van der Waals surface area contributed by atoms with E-state index in [1.54, 1.807) is 11.3 Å². The number of piperidine rings is 2. The van der Waals surface area contributed by atoms with Crippen molar-refractivity contribution >= 4 is 17.2 Å². The normalized spacial score (nSPS) is 27.7. The Hall–Kier alpha value is -0.870. The van der Waals surface area contributed by atoms with Gasteiger partial charge in [0, 0.05) is 29.9 Å². The minimum atomic E-state index is 0.239. The van der Waals surface area contributed by atoms with Gasteiger partial charge in [-0.15, -0.1) is 11.3 Å². The van der Waals surface area contributed by atoms with E-state index in [2.05, 4.69) is 17.1 Å².